The minimum atomic E-state index is -1.14. The Labute approximate surface area is 301 Å². The van der Waals surface area contributed by atoms with Crippen molar-refractivity contribution < 1.29 is 38.7 Å². The van der Waals surface area contributed by atoms with Crippen molar-refractivity contribution >= 4 is 63.8 Å². The third kappa shape index (κ3) is 13.5. The molecule has 0 unspecified atom stereocenters. The fourth-order valence-corrected chi connectivity index (χ4v) is 5.70. The Morgan fingerprint density at radius 2 is 1.62 bits per heavy atom. The molecule has 17 heteroatoms. The molecule has 1 heterocycles. The van der Waals surface area contributed by atoms with Crippen molar-refractivity contribution in [2.24, 2.45) is 22.4 Å². The van der Waals surface area contributed by atoms with Crippen LogP contribution in [0, 0.1) is 5.92 Å². The predicted molar refractivity (Wildman–Crippen MR) is 193 cm³/mol. The molecule has 1 aliphatic rings. The van der Waals surface area contributed by atoms with Crippen LogP contribution in [0.5, 0.6) is 0 Å². The number of aliphatic carboxylic acids is 1. The fourth-order valence-electron chi connectivity index (χ4n) is 5.70. The Balaban J connectivity index is 1.59. The van der Waals surface area contributed by atoms with E-state index < -0.39 is 72.6 Å². The van der Waals surface area contributed by atoms with Crippen molar-refractivity contribution in [3.63, 3.8) is 0 Å². The number of carbonyl (C=O) groups is 7. The molecule has 0 aliphatic carbocycles. The first kappa shape index (κ1) is 40.7. The van der Waals surface area contributed by atoms with Gasteiger partial charge in [0, 0.05) is 25.2 Å². The van der Waals surface area contributed by atoms with Gasteiger partial charge in [-0.05, 0) is 60.9 Å². The average Bonchev–Trinajstić information content (AvgIpc) is 3.60. The highest BCUT2D eigenvalue weighted by Gasteiger charge is 2.36. The summed E-state index contributed by atoms with van der Waals surface area (Å²) >= 11 is 0. The molecule has 10 N–H and O–H groups in total. The smallest absolute Gasteiger partial charge is 0.303 e. The number of nitrogens with zero attached hydrogens (tertiary/aromatic N) is 2. The van der Waals surface area contributed by atoms with E-state index in [1.54, 1.807) is 6.07 Å². The lowest BCUT2D eigenvalue weighted by molar-refractivity contribution is -0.140. The number of hydrogen-bond acceptors (Lipinski definition) is 8. The molecule has 2 aromatic rings. The van der Waals surface area contributed by atoms with Gasteiger partial charge < -0.3 is 48.1 Å². The topological polar surface area (TPSA) is 268 Å². The van der Waals surface area contributed by atoms with E-state index in [0.29, 0.717) is 24.9 Å². The molecule has 0 saturated carbocycles. The van der Waals surface area contributed by atoms with Crippen LogP contribution in [0.1, 0.15) is 58.8 Å². The Hall–Kier alpha value is -5.74. The van der Waals surface area contributed by atoms with Crippen LogP contribution in [0.15, 0.2) is 47.5 Å². The lowest BCUT2D eigenvalue weighted by Gasteiger charge is -2.27. The van der Waals surface area contributed by atoms with Crippen LogP contribution < -0.4 is 38.1 Å². The highest BCUT2D eigenvalue weighted by atomic mass is 16.4. The van der Waals surface area contributed by atoms with E-state index in [-0.39, 0.29) is 50.7 Å². The molecule has 282 valence electrons. The van der Waals surface area contributed by atoms with Gasteiger partial charge in [-0.15, -0.1) is 0 Å². The number of nitrogens with one attached hydrogen (secondary N) is 5. The maximum absolute atomic E-state index is 13.3. The van der Waals surface area contributed by atoms with E-state index in [1.165, 1.54) is 4.90 Å². The van der Waals surface area contributed by atoms with Gasteiger partial charge in [0.05, 0.1) is 19.5 Å². The van der Waals surface area contributed by atoms with E-state index in [2.05, 4.69) is 31.6 Å². The summed E-state index contributed by atoms with van der Waals surface area (Å²) < 4.78 is 0. The standard InChI is InChI=1S/C35H49N9O8/c1-21(2)17-26(43-34(52)27-10-6-16-44(27)30(47)20-39-28(45)13-14-31(48)49)32(50)40-19-29(46)42-25(9-5-15-38-35(36)37)33(51)41-24-12-11-22-7-3-4-8-23(22)18-24/h3-4,7-8,11-12,18,21,25-27H,5-6,9-10,13-17,19-20H2,1-2H3,(H,39,45)(H,40,50)(H,41,51)(H,42,46)(H,43,52)(H,48,49)(H4,36,37,38)/t25-,26-,27-/m0/s1. The Morgan fingerprint density at radius 3 is 2.31 bits per heavy atom. The van der Waals surface area contributed by atoms with E-state index in [4.69, 9.17) is 16.6 Å². The van der Waals surface area contributed by atoms with Gasteiger partial charge >= 0.3 is 5.97 Å². The number of rotatable bonds is 19. The van der Waals surface area contributed by atoms with Crippen molar-refractivity contribution in [2.45, 2.75) is 76.9 Å². The summed E-state index contributed by atoms with van der Waals surface area (Å²) in [7, 11) is 0. The lowest BCUT2D eigenvalue weighted by atomic mass is 10.0. The van der Waals surface area contributed by atoms with Gasteiger partial charge in [0.1, 0.15) is 18.1 Å². The van der Waals surface area contributed by atoms with Crippen molar-refractivity contribution in [3.05, 3.63) is 42.5 Å². The fraction of sp³-hybridized carbons (Fsp3) is 0.486. The summed E-state index contributed by atoms with van der Waals surface area (Å²) in [5, 5.41) is 23.8. The quantitative estimate of drug-likeness (QED) is 0.0543. The van der Waals surface area contributed by atoms with Gasteiger partial charge in [-0.2, -0.15) is 0 Å². The molecule has 0 aromatic heterocycles. The summed E-state index contributed by atoms with van der Waals surface area (Å²) in [4.78, 5) is 93.6. The molecule has 3 rings (SSSR count). The summed E-state index contributed by atoms with van der Waals surface area (Å²) in [6.45, 7) is 3.34. The molecule has 2 aromatic carbocycles. The number of amides is 6. The zero-order chi connectivity index (χ0) is 38.2. The van der Waals surface area contributed by atoms with Crippen LogP contribution >= 0.6 is 0 Å². The number of carboxylic acids is 1. The lowest BCUT2D eigenvalue weighted by Crippen LogP contribution is -2.55. The second-order valence-corrected chi connectivity index (χ2v) is 12.9. The minimum Gasteiger partial charge on any atom is -0.481 e. The van der Waals surface area contributed by atoms with E-state index in [1.807, 2.05) is 50.2 Å². The van der Waals surface area contributed by atoms with Crippen LogP contribution in [0.4, 0.5) is 5.69 Å². The molecule has 1 fully saturated rings. The molecule has 1 aliphatic heterocycles. The largest absolute Gasteiger partial charge is 0.481 e. The second-order valence-electron chi connectivity index (χ2n) is 12.9. The van der Waals surface area contributed by atoms with Gasteiger partial charge in [0.2, 0.25) is 35.4 Å². The first-order chi connectivity index (χ1) is 24.7. The maximum Gasteiger partial charge on any atom is 0.303 e. The number of carbonyl (C=O) groups excluding carboxylic acids is 6. The highest BCUT2D eigenvalue weighted by Crippen LogP contribution is 2.20. The van der Waals surface area contributed by atoms with Crippen LogP contribution in [0.25, 0.3) is 10.8 Å². The molecule has 0 bridgehead atoms. The third-order valence-electron chi connectivity index (χ3n) is 8.26. The Bertz CT molecular complexity index is 1640. The molecular weight excluding hydrogens is 674 g/mol. The van der Waals surface area contributed by atoms with Crippen LogP contribution in [-0.2, 0) is 33.6 Å². The monoisotopic (exact) mass is 723 g/mol. The zero-order valence-electron chi connectivity index (χ0n) is 29.5. The van der Waals surface area contributed by atoms with Crippen molar-refractivity contribution in [1.29, 1.82) is 0 Å². The van der Waals surface area contributed by atoms with Crippen molar-refractivity contribution in [3.8, 4) is 0 Å². The van der Waals surface area contributed by atoms with E-state index in [0.717, 1.165) is 10.8 Å². The Kier molecular flexibility index (Phi) is 15.8. The number of nitrogens with two attached hydrogens (primary N) is 2. The molecule has 52 heavy (non-hydrogen) atoms. The molecule has 17 nitrogen and oxygen atoms in total. The summed E-state index contributed by atoms with van der Waals surface area (Å²) in [6.07, 6.45) is 1.02. The first-order valence-corrected chi connectivity index (χ1v) is 17.2. The number of benzene rings is 2. The van der Waals surface area contributed by atoms with Gasteiger partial charge in [-0.1, -0.05) is 44.2 Å². The number of carboxylic acid groups (broad SMARTS) is 1. The van der Waals surface area contributed by atoms with Crippen molar-refractivity contribution in [1.82, 2.24) is 26.2 Å². The molecular formula is C35H49N9O8. The predicted octanol–water partition coefficient (Wildman–Crippen LogP) is -0.0642. The van der Waals surface area contributed by atoms with Gasteiger partial charge in [-0.3, -0.25) is 38.6 Å². The SMILES string of the molecule is CC(C)C[C@H](NC(=O)[C@@H]1CCCN1C(=O)CNC(=O)CCC(=O)O)C(=O)NCC(=O)N[C@@H](CCCN=C(N)N)C(=O)Nc1ccc2ccccc2c1. The van der Waals surface area contributed by atoms with Gasteiger partial charge in [0.15, 0.2) is 5.96 Å². The van der Waals surface area contributed by atoms with Gasteiger partial charge in [0.25, 0.3) is 0 Å². The third-order valence-corrected chi connectivity index (χ3v) is 8.26. The number of fused-ring (bicyclic) bond motifs is 1. The zero-order valence-corrected chi connectivity index (χ0v) is 29.5. The van der Waals surface area contributed by atoms with E-state index in [9.17, 15) is 33.6 Å². The molecule has 3 atom stereocenters. The summed E-state index contributed by atoms with van der Waals surface area (Å²) in [5.74, 6) is -4.67. The molecule has 0 radical (unpaired) electrons. The number of hydrogen-bond donors (Lipinski definition) is 8. The highest BCUT2D eigenvalue weighted by molar-refractivity contribution is 6.00. The summed E-state index contributed by atoms with van der Waals surface area (Å²) in [6, 6.07) is 10.2. The number of guanidine groups is 1. The molecule has 6 amide bonds. The van der Waals surface area contributed by atoms with Crippen LogP contribution in [0.3, 0.4) is 0 Å². The average molecular weight is 724 g/mol. The van der Waals surface area contributed by atoms with E-state index >= 15 is 0 Å². The molecule has 0 spiro atoms. The summed E-state index contributed by atoms with van der Waals surface area (Å²) in [5.41, 5.74) is 11.4. The number of anilines is 1. The minimum absolute atomic E-state index is 0.0272. The second kappa shape index (κ2) is 20.2. The maximum atomic E-state index is 13.3. The van der Waals surface area contributed by atoms with Crippen LogP contribution in [-0.4, -0.2) is 102 Å². The van der Waals surface area contributed by atoms with Crippen LogP contribution in [0.2, 0.25) is 0 Å². The van der Waals surface area contributed by atoms with Gasteiger partial charge in [-0.25, -0.2) is 0 Å². The first-order valence-electron chi connectivity index (χ1n) is 17.2. The van der Waals surface area contributed by atoms with Crippen molar-refractivity contribution in [2.75, 3.05) is 31.5 Å². The number of likely N-dealkylation sites (tertiary alicyclic amines) is 1. The number of aliphatic imine (C=N–C) groups is 1. The molecule has 1 saturated heterocycles. The normalized spacial score (nSPS) is 14.9. The Morgan fingerprint density at radius 1 is 0.885 bits per heavy atom.